The van der Waals surface area contributed by atoms with Gasteiger partial charge in [0, 0.05) is 44.1 Å². The minimum atomic E-state index is -0.110. The number of aromatic nitrogens is 1. The van der Waals surface area contributed by atoms with Crippen LogP contribution in [0.5, 0.6) is 5.75 Å². The van der Waals surface area contributed by atoms with Crippen LogP contribution in [0.2, 0.25) is 0 Å². The van der Waals surface area contributed by atoms with Crippen LogP contribution in [-0.2, 0) is 4.79 Å². The minimum Gasteiger partial charge on any atom is -0.488 e. The van der Waals surface area contributed by atoms with E-state index in [1.807, 2.05) is 43.3 Å². The Bertz CT molecular complexity index is 840. The highest BCUT2D eigenvalue weighted by Crippen LogP contribution is 2.22. The van der Waals surface area contributed by atoms with E-state index >= 15 is 0 Å². The van der Waals surface area contributed by atoms with E-state index in [4.69, 9.17) is 4.74 Å². The molecular weight excluding hydrogens is 356 g/mol. The van der Waals surface area contributed by atoms with Crippen LogP contribution in [0.3, 0.4) is 0 Å². The lowest BCUT2D eigenvalue weighted by atomic mass is 10.2. The number of carbonyl (C=O) groups is 2. The number of urea groups is 1. The predicted octanol–water partition coefficient (Wildman–Crippen LogP) is 2.31. The van der Waals surface area contributed by atoms with Gasteiger partial charge < -0.3 is 14.5 Å². The van der Waals surface area contributed by atoms with Gasteiger partial charge in [-0.15, -0.1) is 0 Å². The predicted molar refractivity (Wildman–Crippen MR) is 105 cm³/mol. The minimum absolute atomic E-state index is 0.0234. The lowest BCUT2D eigenvalue weighted by molar-refractivity contribution is -0.130. The standard InChI is InChI=1S/C21H24N4O3/c1-16-2-4-17(5-3-16)25-13-12-24(21(25)27)15-20(26)23-11-8-19(14-23)28-18-6-9-22-10-7-18/h2-7,9-10,19H,8,11-15H2,1H3. The number of pyridine rings is 1. The van der Waals surface area contributed by atoms with Crippen LogP contribution >= 0.6 is 0 Å². The molecule has 0 N–H and O–H groups in total. The van der Waals surface area contributed by atoms with E-state index in [0.29, 0.717) is 26.2 Å². The second-order valence-corrected chi connectivity index (χ2v) is 7.24. The number of nitrogens with zero attached hydrogens (tertiary/aromatic N) is 4. The van der Waals surface area contributed by atoms with Crippen molar-refractivity contribution in [1.82, 2.24) is 14.8 Å². The van der Waals surface area contributed by atoms with Gasteiger partial charge in [-0.2, -0.15) is 0 Å². The fraction of sp³-hybridized carbons (Fsp3) is 0.381. The molecule has 1 aromatic carbocycles. The number of ether oxygens (including phenoxy) is 1. The van der Waals surface area contributed by atoms with E-state index in [0.717, 1.165) is 23.4 Å². The molecule has 3 amide bonds. The van der Waals surface area contributed by atoms with Gasteiger partial charge in [-0.3, -0.25) is 14.7 Å². The van der Waals surface area contributed by atoms with E-state index in [-0.39, 0.29) is 24.6 Å². The quantitative estimate of drug-likeness (QED) is 0.798. The summed E-state index contributed by atoms with van der Waals surface area (Å²) >= 11 is 0. The third kappa shape index (κ3) is 3.93. The van der Waals surface area contributed by atoms with Crippen molar-refractivity contribution in [2.24, 2.45) is 0 Å². The van der Waals surface area contributed by atoms with Gasteiger partial charge >= 0.3 is 6.03 Å². The summed E-state index contributed by atoms with van der Waals surface area (Å²) in [6.07, 6.45) is 4.14. The molecule has 0 spiro atoms. The fourth-order valence-electron chi connectivity index (χ4n) is 3.62. The molecule has 28 heavy (non-hydrogen) atoms. The molecule has 1 atom stereocenters. The average molecular weight is 380 g/mol. The second kappa shape index (κ2) is 7.88. The molecule has 7 heteroatoms. The Hall–Kier alpha value is -3.09. The summed E-state index contributed by atoms with van der Waals surface area (Å²) in [5.74, 6) is 0.734. The smallest absolute Gasteiger partial charge is 0.325 e. The number of rotatable bonds is 5. The molecule has 0 bridgehead atoms. The highest BCUT2D eigenvalue weighted by molar-refractivity contribution is 5.96. The first-order valence-corrected chi connectivity index (χ1v) is 9.58. The molecule has 2 aliphatic rings. The summed E-state index contributed by atoms with van der Waals surface area (Å²) in [5.41, 5.74) is 2.03. The number of hydrogen-bond acceptors (Lipinski definition) is 4. The molecule has 146 valence electrons. The number of likely N-dealkylation sites (tertiary alicyclic amines) is 1. The monoisotopic (exact) mass is 380 g/mol. The maximum atomic E-state index is 12.7. The molecule has 2 fully saturated rings. The molecule has 0 aliphatic carbocycles. The van der Waals surface area contributed by atoms with E-state index in [1.165, 1.54) is 0 Å². The van der Waals surface area contributed by atoms with Gasteiger partial charge in [0.15, 0.2) is 0 Å². The van der Waals surface area contributed by atoms with E-state index in [1.54, 1.807) is 27.1 Å². The Kier molecular flexibility index (Phi) is 5.14. The summed E-state index contributed by atoms with van der Waals surface area (Å²) in [4.78, 5) is 34.5. The van der Waals surface area contributed by atoms with Gasteiger partial charge in [0.2, 0.25) is 5.91 Å². The van der Waals surface area contributed by atoms with E-state index in [2.05, 4.69) is 4.98 Å². The van der Waals surface area contributed by atoms with Gasteiger partial charge in [-0.25, -0.2) is 4.79 Å². The Morgan fingerprint density at radius 1 is 1.11 bits per heavy atom. The van der Waals surface area contributed by atoms with Crippen LogP contribution in [0.1, 0.15) is 12.0 Å². The van der Waals surface area contributed by atoms with Crippen LogP contribution in [0.15, 0.2) is 48.8 Å². The largest absolute Gasteiger partial charge is 0.488 e. The highest BCUT2D eigenvalue weighted by Gasteiger charge is 2.34. The number of aryl methyl sites for hydroxylation is 1. The molecule has 1 unspecified atom stereocenters. The molecule has 2 saturated heterocycles. The number of amides is 3. The van der Waals surface area contributed by atoms with Crippen molar-refractivity contribution >= 4 is 17.6 Å². The van der Waals surface area contributed by atoms with Crippen LogP contribution in [0.25, 0.3) is 0 Å². The van der Waals surface area contributed by atoms with Crippen molar-refractivity contribution in [3.63, 3.8) is 0 Å². The molecule has 2 aliphatic heterocycles. The highest BCUT2D eigenvalue weighted by atomic mass is 16.5. The zero-order valence-corrected chi connectivity index (χ0v) is 16.0. The first-order chi connectivity index (χ1) is 13.6. The average Bonchev–Trinajstić information content (AvgIpc) is 3.31. The van der Waals surface area contributed by atoms with E-state index in [9.17, 15) is 9.59 Å². The Morgan fingerprint density at radius 2 is 1.86 bits per heavy atom. The third-order valence-corrected chi connectivity index (χ3v) is 5.22. The summed E-state index contributed by atoms with van der Waals surface area (Å²) < 4.78 is 5.91. The molecular formula is C21H24N4O3. The van der Waals surface area contributed by atoms with Crippen molar-refractivity contribution in [2.45, 2.75) is 19.4 Å². The Balaban J connectivity index is 1.30. The van der Waals surface area contributed by atoms with Gasteiger partial charge in [-0.05, 0) is 31.2 Å². The normalized spacial score (nSPS) is 19.4. The molecule has 3 heterocycles. The number of benzene rings is 1. The second-order valence-electron chi connectivity index (χ2n) is 7.24. The Morgan fingerprint density at radius 3 is 2.61 bits per heavy atom. The summed E-state index contributed by atoms with van der Waals surface area (Å²) in [7, 11) is 0. The first-order valence-electron chi connectivity index (χ1n) is 9.58. The zero-order valence-electron chi connectivity index (χ0n) is 16.0. The number of carbonyl (C=O) groups excluding carboxylic acids is 2. The van der Waals surface area contributed by atoms with Gasteiger partial charge in [0.05, 0.1) is 6.54 Å². The van der Waals surface area contributed by atoms with Crippen LogP contribution < -0.4 is 9.64 Å². The molecule has 0 radical (unpaired) electrons. The maximum absolute atomic E-state index is 12.7. The summed E-state index contributed by atoms with van der Waals surface area (Å²) in [5, 5.41) is 0. The number of anilines is 1. The van der Waals surface area contributed by atoms with Crippen molar-refractivity contribution < 1.29 is 14.3 Å². The maximum Gasteiger partial charge on any atom is 0.325 e. The lowest BCUT2D eigenvalue weighted by Crippen LogP contribution is -2.42. The van der Waals surface area contributed by atoms with Crippen molar-refractivity contribution in [3.8, 4) is 5.75 Å². The van der Waals surface area contributed by atoms with E-state index < -0.39 is 0 Å². The summed E-state index contributed by atoms with van der Waals surface area (Å²) in [6, 6.07) is 11.4. The molecule has 7 nitrogen and oxygen atoms in total. The van der Waals surface area contributed by atoms with Gasteiger partial charge in [-0.1, -0.05) is 17.7 Å². The number of hydrogen-bond donors (Lipinski definition) is 0. The zero-order chi connectivity index (χ0) is 19.5. The molecule has 1 aromatic heterocycles. The molecule has 4 rings (SSSR count). The lowest BCUT2D eigenvalue weighted by Gasteiger charge is -2.22. The molecule has 2 aromatic rings. The van der Waals surface area contributed by atoms with Crippen molar-refractivity contribution in [2.75, 3.05) is 37.6 Å². The summed E-state index contributed by atoms with van der Waals surface area (Å²) in [6.45, 7) is 4.49. The topological polar surface area (TPSA) is 66.0 Å². The Labute approximate surface area is 164 Å². The van der Waals surface area contributed by atoms with Gasteiger partial charge in [0.1, 0.15) is 18.4 Å². The van der Waals surface area contributed by atoms with Crippen molar-refractivity contribution in [3.05, 3.63) is 54.4 Å². The van der Waals surface area contributed by atoms with Gasteiger partial charge in [0.25, 0.3) is 0 Å². The molecule has 0 saturated carbocycles. The van der Waals surface area contributed by atoms with Crippen LogP contribution in [-0.4, -0.2) is 65.5 Å². The fourth-order valence-corrected chi connectivity index (χ4v) is 3.62. The third-order valence-electron chi connectivity index (χ3n) is 5.22. The van der Waals surface area contributed by atoms with Crippen molar-refractivity contribution in [1.29, 1.82) is 0 Å². The van der Waals surface area contributed by atoms with Crippen LogP contribution in [0.4, 0.5) is 10.5 Å². The van der Waals surface area contributed by atoms with Crippen LogP contribution in [0, 0.1) is 6.92 Å². The first kappa shape index (κ1) is 18.3. The SMILES string of the molecule is Cc1ccc(N2CCN(CC(=O)N3CCC(Oc4ccncc4)C3)C2=O)cc1.